The van der Waals surface area contributed by atoms with E-state index in [9.17, 15) is 5.11 Å². The third-order valence-corrected chi connectivity index (χ3v) is 3.49. The largest absolute Gasteiger partial charge is 0.506 e. The normalized spacial score (nSPS) is 11.1. The van der Waals surface area contributed by atoms with Gasteiger partial charge in [0.2, 0.25) is 0 Å². The quantitative estimate of drug-likeness (QED) is 0.423. The highest BCUT2D eigenvalue weighted by atomic mass is 79.9. The molecular formula is C10H10Br2N6O. The third kappa shape index (κ3) is 3.04. The standard InChI is InChI=1S/C10H10Br2N6O/c1-5-15-17-10(18(5)13)16-14-4-6-2-7(11)9(19)8(12)3-6/h2-4,19H,13H2,1H3,(H,16,17)/b14-4-. The van der Waals surface area contributed by atoms with Crippen LogP contribution < -0.4 is 11.3 Å². The number of phenolic OH excluding ortho intramolecular Hbond substituents is 1. The molecule has 0 saturated heterocycles. The average Bonchev–Trinajstić information content (AvgIpc) is 2.68. The molecule has 2 rings (SSSR count). The Bertz CT molecular complexity index is 616. The molecule has 1 aromatic heterocycles. The van der Waals surface area contributed by atoms with Crippen LogP contribution in [0.4, 0.5) is 5.95 Å². The maximum Gasteiger partial charge on any atom is 0.263 e. The van der Waals surface area contributed by atoms with E-state index in [1.807, 2.05) is 0 Å². The van der Waals surface area contributed by atoms with E-state index in [-0.39, 0.29) is 5.75 Å². The number of anilines is 1. The number of aromatic nitrogens is 3. The first-order valence-electron chi connectivity index (χ1n) is 5.13. The lowest BCUT2D eigenvalue weighted by molar-refractivity contribution is 0.468. The second-order valence-corrected chi connectivity index (χ2v) is 5.35. The van der Waals surface area contributed by atoms with Gasteiger partial charge in [0.1, 0.15) is 5.75 Å². The molecule has 4 N–H and O–H groups in total. The second kappa shape index (κ2) is 5.57. The Labute approximate surface area is 125 Å². The molecule has 2 aromatic rings. The number of rotatable bonds is 3. The zero-order valence-corrected chi connectivity index (χ0v) is 13.0. The van der Waals surface area contributed by atoms with E-state index in [0.29, 0.717) is 20.7 Å². The third-order valence-electron chi connectivity index (χ3n) is 2.28. The van der Waals surface area contributed by atoms with Crippen molar-refractivity contribution in [3.63, 3.8) is 0 Å². The number of halogens is 2. The lowest BCUT2D eigenvalue weighted by Gasteiger charge is -2.02. The van der Waals surface area contributed by atoms with Crippen LogP contribution >= 0.6 is 31.9 Å². The predicted molar refractivity (Wildman–Crippen MR) is 79.6 cm³/mol. The molecular weight excluding hydrogens is 380 g/mol. The SMILES string of the molecule is Cc1nnc(N/N=C\c2cc(Br)c(O)c(Br)c2)n1N. The van der Waals surface area contributed by atoms with Gasteiger partial charge in [0.05, 0.1) is 15.2 Å². The van der Waals surface area contributed by atoms with Crippen molar-refractivity contribution < 1.29 is 5.11 Å². The van der Waals surface area contributed by atoms with Gasteiger partial charge in [0, 0.05) is 0 Å². The summed E-state index contributed by atoms with van der Waals surface area (Å²) in [5, 5.41) is 21.2. The fraction of sp³-hybridized carbons (Fsp3) is 0.100. The number of hydrogen-bond acceptors (Lipinski definition) is 6. The number of hydrogen-bond donors (Lipinski definition) is 3. The van der Waals surface area contributed by atoms with Gasteiger partial charge in [-0.2, -0.15) is 5.10 Å². The average molecular weight is 390 g/mol. The summed E-state index contributed by atoms with van der Waals surface area (Å²) in [5.74, 6) is 6.71. The van der Waals surface area contributed by atoms with E-state index >= 15 is 0 Å². The Kier molecular flexibility index (Phi) is 4.05. The highest BCUT2D eigenvalue weighted by Crippen LogP contribution is 2.32. The van der Waals surface area contributed by atoms with Crippen LogP contribution in [0.25, 0.3) is 0 Å². The smallest absolute Gasteiger partial charge is 0.263 e. The second-order valence-electron chi connectivity index (χ2n) is 3.64. The Morgan fingerprint density at radius 2 is 2.00 bits per heavy atom. The van der Waals surface area contributed by atoms with Crippen LogP contribution in [-0.4, -0.2) is 26.2 Å². The minimum Gasteiger partial charge on any atom is -0.506 e. The van der Waals surface area contributed by atoms with Gasteiger partial charge in [-0.25, -0.2) is 10.1 Å². The van der Waals surface area contributed by atoms with Crippen molar-refractivity contribution in [1.29, 1.82) is 0 Å². The summed E-state index contributed by atoms with van der Waals surface area (Å²) < 4.78 is 2.43. The summed E-state index contributed by atoms with van der Waals surface area (Å²) in [6.45, 7) is 1.73. The van der Waals surface area contributed by atoms with E-state index in [2.05, 4.69) is 52.6 Å². The van der Waals surface area contributed by atoms with Crippen molar-refractivity contribution in [3.05, 3.63) is 32.5 Å². The Morgan fingerprint density at radius 3 is 2.53 bits per heavy atom. The van der Waals surface area contributed by atoms with Crippen LogP contribution in [0.2, 0.25) is 0 Å². The molecule has 0 amide bonds. The van der Waals surface area contributed by atoms with Crippen LogP contribution in [0.3, 0.4) is 0 Å². The van der Waals surface area contributed by atoms with Crippen molar-refractivity contribution in [1.82, 2.24) is 14.9 Å². The molecule has 0 unspecified atom stereocenters. The molecule has 9 heteroatoms. The minimum atomic E-state index is 0.141. The number of nitrogen functional groups attached to an aromatic ring is 1. The zero-order valence-electron chi connectivity index (χ0n) is 9.80. The highest BCUT2D eigenvalue weighted by Gasteiger charge is 2.05. The van der Waals surface area contributed by atoms with Gasteiger partial charge in [-0.1, -0.05) is 0 Å². The Hall–Kier alpha value is -1.61. The van der Waals surface area contributed by atoms with E-state index in [0.717, 1.165) is 5.56 Å². The molecule has 0 aliphatic heterocycles. The van der Waals surface area contributed by atoms with Crippen molar-refractivity contribution in [2.75, 3.05) is 11.3 Å². The maximum absolute atomic E-state index is 9.58. The Morgan fingerprint density at radius 1 is 1.37 bits per heavy atom. The van der Waals surface area contributed by atoms with Crippen LogP contribution in [0.5, 0.6) is 5.75 Å². The van der Waals surface area contributed by atoms with Gasteiger partial charge in [-0.15, -0.1) is 10.2 Å². The molecule has 0 spiro atoms. The molecule has 0 bridgehead atoms. The molecule has 0 saturated carbocycles. The number of phenols is 1. The summed E-state index contributed by atoms with van der Waals surface area (Å²) in [5.41, 5.74) is 3.46. The van der Waals surface area contributed by atoms with E-state index < -0.39 is 0 Å². The van der Waals surface area contributed by atoms with E-state index in [1.165, 1.54) is 4.68 Å². The highest BCUT2D eigenvalue weighted by molar-refractivity contribution is 9.11. The summed E-state index contributed by atoms with van der Waals surface area (Å²) in [6, 6.07) is 3.45. The molecule has 0 atom stereocenters. The van der Waals surface area contributed by atoms with E-state index in [4.69, 9.17) is 5.84 Å². The summed E-state index contributed by atoms with van der Waals surface area (Å²) in [6.07, 6.45) is 1.57. The first kappa shape index (κ1) is 13.8. The number of nitrogens with two attached hydrogens (primary N) is 1. The van der Waals surface area contributed by atoms with Gasteiger partial charge >= 0.3 is 0 Å². The van der Waals surface area contributed by atoms with Crippen molar-refractivity contribution in [2.24, 2.45) is 5.10 Å². The molecule has 1 aromatic carbocycles. The van der Waals surface area contributed by atoms with E-state index in [1.54, 1.807) is 25.3 Å². The molecule has 19 heavy (non-hydrogen) atoms. The lowest BCUT2D eigenvalue weighted by atomic mass is 10.2. The molecule has 0 radical (unpaired) electrons. The van der Waals surface area contributed by atoms with Gasteiger partial charge in [0.25, 0.3) is 5.95 Å². The van der Waals surface area contributed by atoms with Gasteiger partial charge in [-0.3, -0.25) is 0 Å². The first-order valence-corrected chi connectivity index (χ1v) is 6.72. The first-order chi connectivity index (χ1) is 8.99. The van der Waals surface area contributed by atoms with Crippen LogP contribution in [0.15, 0.2) is 26.2 Å². The number of aromatic hydroxyl groups is 1. The minimum absolute atomic E-state index is 0.141. The fourth-order valence-corrected chi connectivity index (χ4v) is 2.49. The molecule has 0 fully saturated rings. The number of benzene rings is 1. The van der Waals surface area contributed by atoms with Gasteiger partial charge in [-0.05, 0) is 56.5 Å². The molecule has 100 valence electrons. The monoisotopic (exact) mass is 388 g/mol. The van der Waals surface area contributed by atoms with Crippen LogP contribution in [0, 0.1) is 6.92 Å². The maximum atomic E-state index is 9.58. The van der Waals surface area contributed by atoms with Crippen LogP contribution in [0.1, 0.15) is 11.4 Å². The molecule has 1 heterocycles. The number of nitrogens with zero attached hydrogens (tertiary/aromatic N) is 4. The van der Waals surface area contributed by atoms with Crippen molar-refractivity contribution in [3.8, 4) is 5.75 Å². The molecule has 0 aliphatic carbocycles. The lowest BCUT2D eigenvalue weighted by Crippen LogP contribution is -2.13. The molecule has 7 nitrogen and oxygen atoms in total. The van der Waals surface area contributed by atoms with Crippen molar-refractivity contribution in [2.45, 2.75) is 6.92 Å². The van der Waals surface area contributed by atoms with Crippen molar-refractivity contribution >= 4 is 44.0 Å². The van der Waals surface area contributed by atoms with Gasteiger partial charge in [0.15, 0.2) is 5.82 Å². The fourth-order valence-electron chi connectivity index (χ4n) is 1.27. The summed E-state index contributed by atoms with van der Waals surface area (Å²) >= 11 is 6.48. The zero-order chi connectivity index (χ0) is 14.0. The topological polar surface area (TPSA) is 101 Å². The summed E-state index contributed by atoms with van der Waals surface area (Å²) in [4.78, 5) is 0. The number of hydrazone groups is 1. The number of aryl methyl sites for hydroxylation is 1. The molecule has 0 aliphatic rings. The van der Waals surface area contributed by atoms with Crippen LogP contribution in [-0.2, 0) is 0 Å². The van der Waals surface area contributed by atoms with Gasteiger partial charge < -0.3 is 10.9 Å². The Balaban J connectivity index is 2.13. The number of nitrogens with one attached hydrogen (secondary N) is 1. The summed E-state index contributed by atoms with van der Waals surface area (Å²) in [7, 11) is 0. The predicted octanol–water partition coefficient (Wildman–Crippen LogP) is 1.98.